The molecule has 0 aromatic carbocycles. The van der Waals surface area contributed by atoms with Crippen molar-refractivity contribution < 1.29 is 21.6 Å². The molecule has 136 valence electrons. The number of sulfonamides is 1. The monoisotopic (exact) mass is 385 g/mol. The Kier molecular flexibility index (Phi) is 5.66. The summed E-state index contributed by atoms with van der Waals surface area (Å²) in [6.07, 6.45) is -2.43. The number of nitrogens with zero attached hydrogens (tertiary/aromatic N) is 2. The lowest BCUT2D eigenvalue weighted by molar-refractivity contribution is -0.137. The smallest absolute Gasteiger partial charge is 0.354 e. The summed E-state index contributed by atoms with van der Waals surface area (Å²) in [6.45, 7) is 4.02. The molecule has 10 heteroatoms. The van der Waals surface area contributed by atoms with Crippen LogP contribution >= 0.6 is 11.6 Å². The lowest BCUT2D eigenvalue weighted by Gasteiger charge is -2.34. The molecule has 1 aromatic heterocycles. The van der Waals surface area contributed by atoms with Crippen molar-refractivity contribution >= 4 is 27.4 Å². The highest BCUT2D eigenvalue weighted by molar-refractivity contribution is 7.90. The van der Waals surface area contributed by atoms with Crippen LogP contribution in [0.4, 0.5) is 19.0 Å². The van der Waals surface area contributed by atoms with Crippen LogP contribution in [-0.2, 0) is 16.2 Å². The molecule has 0 bridgehead atoms. The molecule has 1 N–H and O–H groups in total. The maximum atomic E-state index is 12.7. The van der Waals surface area contributed by atoms with Gasteiger partial charge in [-0.3, -0.25) is 0 Å². The van der Waals surface area contributed by atoms with E-state index >= 15 is 0 Å². The number of pyridine rings is 1. The molecule has 0 aliphatic carbocycles. The Morgan fingerprint density at radius 1 is 1.42 bits per heavy atom. The lowest BCUT2D eigenvalue weighted by atomic mass is 10.1. The fourth-order valence-electron chi connectivity index (χ4n) is 2.45. The second-order valence-corrected chi connectivity index (χ2v) is 8.70. The van der Waals surface area contributed by atoms with Gasteiger partial charge in [0, 0.05) is 25.3 Å². The van der Waals surface area contributed by atoms with Crippen LogP contribution < -0.4 is 9.62 Å². The summed E-state index contributed by atoms with van der Waals surface area (Å²) in [5.41, 5.74) is -0.912. The molecule has 0 spiro atoms. The standard InChI is InChI=1S/C14H19ClF3N3O2S/c1-9(2)24(22,23)20-11-4-3-5-21(8-11)13-12(15)6-10(7-19-13)14(16,17)18/h6-7,9,11,20H,3-5,8H2,1-2H3/t11-/m0/s1. The van der Waals surface area contributed by atoms with Gasteiger partial charge in [0.15, 0.2) is 0 Å². The van der Waals surface area contributed by atoms with Crippen LogP contribution in [0, 0.1) is 0 Å². The zero-order valence-corrected chi connectivity index (χ0v) is 14.8. The molecule has 1 atom stereocenters. The van der Waals surface area contributed by atoms with Gasteiger partial charge in [-0.1, -0.05) is 11.6 Å². The van der Waals surface area contributed by atoms with Gasteiger partial charge in [-0.2, -0.15) is 13.2 Å². The van der Waals surface area contributed by atoms with Gasteiger partial charge < -0.3 is 4.90 Å². The van der Waals surface area contributed by atoms with Crippen molar-refractivity contribution in [3.8, 4) is 0 Å². The Hall–Kier alpha value is -1.06. The first-order chi connectivity index (χ1) is 11.0. The molecule has 2 heterocycles. The average molecular weight is 386 g/mol. The molecule has 0 amide bonds. The Bertz CT molecular complexity index is 695. The third-order valence-corrected chi connectivity index (χ3v) is 6.00. The van der Waals surface area contributed by atoms with Gasteiger partial charge in [-0.25, -0.2) is 18.1 Å². The zero-order chi connectivity index (χ0) is 18.1. The van der Waals surface area contributed by atoms with Crippen LogP contribution in [0.5, 0.6) is 0 Å². The van der Waals surface area contributed by atoms with E-state index in [1.807, 2.05) is 0 Å². The summed E-state index contributed by atoms with van der Waals surface area (Å²) in [5, 5.41) is -0.655. The van der Waals surface area contributed by atoms with E-state index in [-0.39, 0.29) is 16.9 Å². The van der Waals surface area contributed by atoms with Crippen LogP contribution in [0.1, 0.15) is 32.3 Å². The first kappa shape index (κ1) is 19.3. The third kappa shape index (κ3) is 4.52. The van der Waals surface area contributed by atoms with E-state index in [0.717, 1.165) is 12.3 Å². The maximum Gasteiger partial charge on any atom is 0.417 e. The summed E-state index contributed by atoms with van der Waals surface area (Å²) >= 11 is 5.96. The van der Waals surface area contributed by atoms with Crippen LogP contribution in [0.25, 0.3) is 0 Å². The fourth-order valence-corrected chi connectivity index (χ4v) is 3.67. The van der Waals surface area contributed by atoms with Crippen molar-refractivity contribution in [3.05, 3.63) is 22.8 Å². The quantitative estimate of drug-likeness (QED) is 0.865. The number of hydrogen-bond donors (Lipinski definition) is 1. The maximum absolute atomic E-state index is 12.7. The Morgan fingerprint density at radius 3 is 2.62 bits per heavy atom. The molecule has 24 heavy (non-hydrogen) atoms. The van der Waals surface area contributed by atoms with E-state index in [2.05, 4.69) is 9.71 Å². The number of rotatable bonds is 4. The number of piperidine rings is 1. The highest BCUT2D eigenvalue weighted by atomic mass is 35.5. The summed E-state index contributed by atoms with van der Waals surface area (Å²) in [7, 11) is -3.42. The van der Waals surface area contributed by atoms with Gasteiger partial charge in [0.2, 0.25) is 10.0 Å². The van der Waals surface area contributed by atoms with E-state index < -0.39 is 27.0 Å². The van der Waals surface area contributed by atoms with Crippen molar-refractivity contribution in [1.82, 2.24) is 9.71 Å². The highest BCUT2D eigenvalue weighted by Gasteiger charge is 2.33. The van der Waals surface area contributed by atoms with E-state index in [1.54, 1.807) is 18.7 Å². The van der Waals surface area contributed by atoms with Gasteiger partial charge in [0.1, 0.15) is 5.82 Å². The molecular weight excluding hydrogens is 367 g/mol. The summed E-state index contributed by atoms with van der Waals surface area (Å²) in [6, 6.07) is 0.512. The van der Waals surface area contributed by atoms with Crippen LogP contribution in [-0.4, -0.2) is 37.8 Å². The molecule has 1 fully saturated rings. The van der Waals surface area contributed by atoms with E-state index in [4.69, 9.17) is 11.6 Å². The van der Waals surface area contributed by atoms with Crippen molar-refractivity contribution in [2.75, 3.05) is 18.0 Å². The Balaban J connectivity index is 2.15. The lowest BCUT2D eigenvalue weighted by Crippen LogP contribution is -2.49. The Labute approximate surface area is 144 Å². The number of alkyl halides is 3. The highest BCUT2D eigenvalue weighted by Crippen LogP contribution is 2.34. The second-order valence-electron chi connectivity index (χ2n) is 6.02. The largest absolute Gasteiger partial charge is 0.417 e. The minimum absolute atomic E-state index is 0.0998. The predicted octanol–water partition coefficient (Wildman–Crippen LogP) is 3.05. The summed E-state index contributed by atoms with van der Waals surface area (Å²) in [5.74, 6) is 0.234. The Morgan fingerprint density at radius 2 is 2.08 bits per heavy atom. The first-order valence-corrected chi connectivity index (χ1v) is 9.42. The number of aromatic nitrogens is 1. The van der Waals surface area contributed by atoms with Crippen molar-refractivity contribution in [3.63, 3.8) is 0 Å². The van der Waals surface area contributed by atoms with Gasteiger partial charge >= 0.3 is 6.18 Å². The van der Waals surface area contributed by atoms with E-state index in [1.165, 1.54) is 0 Å². The fraction of sp³-hybridized carbons (Fsp3) is 0.643. The topological polar surface area (TPSA) is 62.3 Å². The van der Waals surface area contributed by atoms with Crippen molar-refractivity contribution in [2.24, 2.45) is 0 Å². The molecular formula is C14H19ClF3N3O2S. The minimum Gasteiger partial charge on any atom is -0.354 e. The second kappa shape index (κ2) is 7.05. The molecule has 1 saturated heterocycles. The van der Waals surface area contributed by atoms with Crippen molar-refractivity contribution in [2.45, 2.75) is 44.2 Å². The van der Waals surface area contributed by atoms with E-state index in [0.29, 0.717) is 25.9 Å². The third-order valence-electron chi connectivity index (χ3n) is 3.82. The molecule has 2 rings (SSSR count). The molecule has 0 unspecified atom stereocenters. The summed E-state index contributed by atoms with van der Waals surface area (Å²) in [4.78, 5) is 5.54. The van der Waals surface area contributed by atoms with Gasteiger partial charge in [0.05, 0.1) is 15.8 Å². The summed E-state index contributed by atoms with van der Waals surface area (Å²) < 4.78 is 64.6. The molecule has 1 aliphatic heterocycles. The SMILES string of the molecule is CC(C)S(=O)(=O)N[C@H]1CCCN(c2ncc(C(F)(F)F)cc2Cl)C1. The average Bonchev–Trinajstić information content (AvgIpc) is 2.45. The minimum atomic E-state index is -4.51. The van der Waals surface area contributed by atoms with Crippen LogP contribution in [0.2, 0.25) is 5.02 Å². The number of anilines is 1. The molecule has 0 saturated carbocycles. The predicted molar refractivity (Wildman–Crippen MR) is 86.7 cm³/mol. The normalized spacial score (nSPS) is 19.8. The molecule has 0 radical (unpaired) electrons. The van der Waals surface area contributed by atoms with Gasteiger partial charge in [-0.15, -0.1) is 0 Å². The van der Waals surface area contributed by atoms with Crippen molar-refractivity contribution in [1.29, 1.82) is 0 Å². The first-order valence-electron chi connectivity index (χ1n) is 7.49. The van der Waals surface area contributed by atoms with Crippen LogP contribution in [0.15, 0.2) is 12.3 Å². The van der Waals surface area contributed by atoms with E-state index in [9.17, 15) is 21.6 Å². The van der Waals surface area contributed by atoms with Gasteiger partial charge in [0.25, 0.3) is 0 Å². The molecule has 5 nitrogen and oxygen atoms in total. The number of nitrogens with one attached hydrogen (secondary N) is 1. The van der Waals surface area contributed by atoms with Gasteiger partial charge in [-0.05, 0) is 32.8 Å². The van der Waals surface area contributed by atoms with Crippen LogP contribution in [0.3, 0.4) is 0 Å². The molecule has 1 aromatic rings. The number of hydrogen-bond acceptors (Lipinski definition) is 4. The zero-order valence-electron chi connectivity index (χ0n) is 13.3. The molecule has 1 aliphatic rings. The number of halogens is 4.